The Morgan fingerprint density at radius 3 is 2.52 bits per heavy atom. The van der Waals surface area contributed by atoms with Gasteiger partial charge in [-0.1, -0.05) is 26.0 Å². The van der Waals surface area contributed by atoms with Crippen LogP contribution in [0.1, 0.15) is 31.0 Å². The first-order chi connectivity index (χ1) is 10.4. The number of anilines is 1. The van der Waals surface area contributed by atoms with E-state index in [1.54, 1.807) is 5.38 Å². The van der Waals surface area contributed by atoms with E-state index in [0.717, 1.165) is 5.69 Å². The number of aliphatic imine (C=N–C) groups is 1. The fourth-order valence-corrected chi connectivity index (χ4v) is 2.57. The third-order valence-electron chi connectivity index (χ3n) is 2.97. The van der Waals surface area contributed by atoms with Crippen molar-refractivity contribution in [1.29, 1.82) is 0 Å². The number of carbonyl (C=O) groups excluding carboxylic acids is 1. The molecule has 0 radical (unpaired) electrons. The van der Waals surface area contributed by atoms with E-state index in [0.29, 0.717) is 16.7 Å². The number of thiazole rings is 1. The van der Waals surface area contributed by atoms with Gasteiger partial charge in [0.05, 0.1) is 12.1 Å². The molecule has 1 heterocycles. The molecule has 1 aromatic heterocycles. The largest absolute Gasteiger partial charge is 0.370 e. The van der Waals surface area contributed by atoms with E-state index in [4.69, 9.17) is 11.5 Å². The predicted octanol–water partition coefficient (Wildman–Crippen LogP) is 2.77. The Bertz CT molecular complexity index is 677. The van der Waals surface area contributed by atoms with Crippen LogP contribution in [0.5, 0.6) is 0 Å². The zero-order chi connectivity index (χ0) is 16.1. The molecule has 0 aliphatic rings. The first-order valence-corrected chi connectivity index (χ1v) is 7.76. The summed E-state index contributed by atoms with van der Waals surface area (Å²) in [7, 11) is 0. The van der Waals surface area contributed by atoms with E-state index < -0.39 is 0 Å². The first kappa shape index (κ1) is 18.9. The molecule has 0 unspecified atom stereocenters. The van der Waals surface area contributed by atoms with Gasteiger partial charge >= 0.3 is 0 Å². The van der Waals surface area contributed by atoms with Gasteiger partial charge in [0.2, 0.25) is 11.0 Å². The van der Waals surface area contributed by atoms with Crippen LogP contribution in [0.15, 0.2) is 34.6 Å². The van der Waals surface area contributed by atoms with Gasteiger partial charge in [0.25, 0.3) is 0 Å². The monoisotopic (exact) mass is 353 g/mol. The SMILES string of the molecule is CC(C)c1ccc(NC(=O)Cc2csc(N=C(N)N)n2)cc1.Cl. The maximum absolute atomic E-state index is 12.0. The van der Waals surface area contributed by atoms with Gasteiger partial charge in [0, 0.05) is 11.1 Å². The van der Waals surface area contributed by atoms with Crippen LogP contribution in [-0.4, -0.2) is 16.9 Å². The highest BCUT2D eigenvalue weighted by atomic mass is 35.5. The first-order valence-electron chi connectivity index (χ1n) is 6.88. The smallest absolute Gasteiger partial charge is 0.230 e. The van der Waals surface area contributed by atoms with E-state index >= 15 is 0 Å². The number of guanidine groups is 1. The molecule has 124 valence electrons. The summed E-state index contributed by atoms with van der Waals surface area (Å²) in [5.74, 6) is 0.295. The molecule has 0 saturated carbocycles. The Morgan fingerprint density at radius 2 is 1.96 bits per heavy atom. The lowest BCUT2D eigenvalue weighted by atomic mass is 10.0. The summed E-state index contributed by atoms with van der Waals surface area (Å²) >= 11 is 1.29. The van der Waals surface area contributed by atoms with Crippen molar-refractivity contribution in [2.24, 2.45) is 16.5 Å². The number of halogens is 1. The molecule has 0 atom stereocenters. The number of hydrogen-bond donors (Lipinski definition) is 3. The van der Waals surface area contributed by atoms with Crippen LogP contribution < -0.4 is 16.8 Å². The van der Waals surface area contributed by atoms with Crippen molar-refractivity contribution in [2.75, 3.05) is 5.32 Å². The van der Waals surface area contributed by atoms with E-state index in [1.165, 1.54) is 16.9 Å². The molecule has 0 fully saturated rings. The number of carbonyl (C=O) groups is 1. The normalized spacial score (nSPS) is 10.0. The zero-order valence-electron chi connectivity index (χ0n) is 12.9. The Morgan fingerprint density at radius 1 is 1.30 bits per heavy atom. The molecule has 0 bridgehead atoms. The molecule has 0 aliphatic carbocycles. The molecule has 0 saturated heterocycles. The van der Waals surface area contributed by atoms with E-state index in [2.05, 4.69) is 29.1 Å². The summed E-state index contributed by atoms with van der Waals surface area (Å²) in [5, 5.41) is 5.06. The van der Waals surface area contributed by atoms with E-state index in [-0.39, 0.29) is 30.7 Å². The van der Waals surface area contributed by atoms with Gasteiger partial charge in [-0.05, 0) is 23.6 Å². The average molecular weight is 354 g/mol. The summed E-state index contributed by atoms with van der Waals surface area (Å²) in [6, 6.07) is 7.83. The standard InChI is InChI=1S/C15H19N5OS.ClH/c1-9(2)10-3-5-11(6-4-10)18-13(21)7-12-8-22-15(19-12)20-14(16)17;/h3-6,8-9H,7H2,1-2H3,(H,18,21)(H4,16,17,19,20);1H. The number of rotatable bonds is 5. The van der Waals surface area contributed by atoms with Crippen molar-refractivity contribution in [1.82, 2.24) is 4.98 Å². The number of hydrogen-bond acceptors (Lipinski definition) is 4. The third kappa shape index (κ3) is 5.88. The van der Waals surface area contributed by atoms with Crippen molar-refractivity contribution >= 4 is 46.4 Å². The van der Waals surface area contributed by atoms with Crippen molar-refractivity contribution in [3.63, 3.8) is 0 Å². The lowest BCUT2D eigenvalue weighted by Gasteiger charge is -2.08. The van der Waals surface area contributed by atoms with Gasteiger partial charge in [-0.15, -0.1) is 23.7 Å². The molecule has 2 rings (SSSR count). The minimum absolute atomic E-state index is 0. The van der Waals surface area contributed by atoms with Gasteiger partial charge in [0.1, 0.15) is 0 Å². The molecular formula is C15H20ClN5OS. The number of nitrogens with zero attached hydrogens (tertiary/aromatic N) is 2. The minimum atomic E-state index is -0.126. The quantitative estimate of drug-likeness (QED) is 0.567. The van der Waals surface area contributed by atoms with Gasteiger partial charge in [-0.25, -0.2) is 4.98 Å². The zero-order valence-corrected chi connectivity index (χ0v) is 14.6. The predicted molar refractivity (Wildman–Crippen MR) is 97.7 cm³/mol. The molecule has 5 N–H and O–H groups in total. The van der Waals surface area contributed by atoms with Gasteiger partial charge in [0.15, 0.2) is 5.96 Å². The van der Waals surface area contributed by atoms with E-state index in [9.17, 15) is 4.79 Å². The summed E-state index contributed by atoms with van der Waals surface area (Å²) in [5.41, 5.74) is 13.2. The molecule has 0 aliphatic heterocycles. The third-order valence-corrected chi connectivity index (χ3v) is 3.75. The number of aromatic nitrogens is 1. The van der Waals surface area contributed by atoms with Crippen LogP contribution in [-0.2, 0) is 11.2 Å². The molecule has 1 aromatic carbocycles. The Kier molecular flexibility index (Phi) is 6.99. The fraction of sp³-hybridized carbons (Fsp3) is 0.267. The lowest BCUT2D eigenvalue weighted by molar-refractivity contribution is -0.115. The van der Waals surface area contributed by atoms with Crippen molar-refractivity contribution < 1.29 is 4.79 Å². The van der Waals surface area contributed by atoms with E-state index in [1.807, 2.05) is 24.3 Å². The van der Waals surface area contributed by atoms with Crippen LogP contribution in [0.2, 0.25) is 0 Å². The molecular weight excluding hydrogens is 334 g/mol. The van der Waals surface area contributed by atoms with Crippen LogP contribution in [0.25, 0.3) is 0 Å². The fourth-order valence-electron chi connectivity index (χ4n) is 1.86. The number of nitrogens with two attached hydrogens (primary N) is 2. The summed E-state index contributed by atoms with van der Waals surface area (Å²) in [6.45, 7) is 4.26. The summed E-state index contributed by atoms with van der Waals surface area (Å²) < 4.78 is 0. The second kappa shape index (κ2) is 8.50. The van der Waals surface area contributed by atoms with Crippen LogP contribution in [0.4, 0.5) is 10.8 Å². The minimum Gasteiger partial charge on any atom is -0.370 e. The Hall–Kier alpha value is -2.12. The highest BCUT2D eigenvalue weighted by molar-refractivity contribution is 7.13. The summed E-state index contributed by atoms with van der Waals surface area (Å²) in [6.07, 6.45) is 0.183. The topological polar surface area (TPSA) is 106 Å². The van der Waals surface area contributed by atoms with Crippen molar-refractivity contribution in [3.05, 3.63) is 40.9 Å². The van der Waals surface area contributed by atoms with Crippen molar-refractivity contribution in [2.45, 2.75) is 26.2 Å². The number of amides is 1. The second-order valence-corrected chi connectivity index (χ2v) is 6.00. The van der Waals surface area contributed by atoms with Crippen molar-refractivity contribution in [3.8, 4) is 0 Å². The Labute approximate surface area is 145 Å². The highest BCUT2D eigenvalue weighted by Crippen LogP contribution is 2.20. The van der Waals surface area contributed by atoms with Gasteiger partial charge in [-0.2, -0.15) is 4.99 Å². The average Bonchev–Trinajstić information content (AvgIpc) is 2.85. The van der Waals surface area contributed by atoms with Crippen LogP contribution in [0, 0.1) is 0 Å². The number of benzene rings is 1. The van der Waals surface area contributed by atoms with Gasteiger partial charge < -0.3 is 16.8 Å². The van der Waals surface area contributed by atoms with Gasteiger partial charge in [-0.3, -0.25) is 4.79 Å². The molecule has 2 aromatic rings. The maximum atomic E-state index is 12.0. The number of nitrogens with one attached hydrogen (secondary N) is 1. The molecule has 1 amide bonds. The highest BCUT2D eigenvalue weighted by Gasteiger charge is 2.08. The van der Waals surface area contributed by atoms with Crippen LogP contribution >= 0.6 is 23.7 Å². The van der Waals surface area contributed by atoms with Crippen LogP contribution in [0.3, 0.4) is 0 Å². The summed E-state index contributed by atoms with van der Waals surface area (Å²) in [4.78, 5) is 20.0. The molecule has 0 spiro atoms. The lowest BCUT2D eigenvalue weighted by Crippen LogP contribution is -2.21. The molecule has 6 nitrogen and oxygen atoms in total. The Balaban J connectivity index is 0.00000264. The molecule has 23 heavy (non-hydrogen) atoms. The second-order valence-electron chi connectivity index (χ2n) is 5.16. The maximum Gasteiger partial charge on any atom is 0.230 e. The molecule has 8 heteroatoms.